The zero-order chi connectivity index (χ0) is 10.8. The minimum atomic E-state index is 0.435. The average molecular weight is 204 g/mol. The summed E-state index contributed by atoms with van der Waals surface area (Å²) >= 11 is 0. The molecule has 1 atom stereocenters. The van der Waals surface area contributed by atoms with E-state index in [0.717, 1.165) is 32.8 Å². The molecule has 0 saturated carbocycles. The van der Waals surface area contributed by atoms with Crippen molar-refractivity contribution in [3.05, 3.63) is 0 Å². The fourth-order valence-corrected chi connectivity index (χ4v) is 1.53. The van der Waals surface area contributed by atoms with E-state index < -0.39 is 0 Å². The monoisotopic (exact) mass is 204 g/mol. The molecule has 1 unspecified atom stereocenters. The summed E-state index contributed by atoms with van der Waals surface area (Å²) in [5, 5.41) is 3.18. The second-order valence-electron chi connectivity index (χ2n) is 3.29. The molecule has 0 aliphatic rings. The molecule has 0 amide bonds. The number of nitrogens with zero attached hydrogens (tertiary/aromatic N) is 1. The van der Waals surface area contributed by atoms with Crippen LogP contribution in [0.3, 0.4) is 0 Å². The molecule has 0 bridgehead atoms. The van der Waals surface area contributed by atoms with Crippen LogP contribution in [0.5, 0.6) is 0 Å². The number of hydrogen-bond acceptors (Lipinski definition) is 4. The lowest BCUT2D eigenvalue weighted by molar-refractivity contribution is 0.0712. The van der Waals surface area contributed by atoms with Crippen LogP contribution in [0.1, 0.15) is 6.92 Å². The van der Waals surface area contributed by atoms with Crippen molar-refractivity contribution >= 4 is 0 Å². The summed E-state index contributed by atoms with van der Waals surface area (Å²) in [6.07, 6.45) is 0. The third kappa shape index (κ3) is 5.54. The largest absolute Gasteiger partial charge is 0.383 e. The topological polar surface area (TPSA) is 33.7 Å². The van der Waals surface area contributed by atoms with E-state index in [9.17, 15) is 0 Å². The molecule has 0 heterocycles. The first-order chi connectivity index (χ1) is 6.79. The van der Waals surface area contributed by atoms with Gasteiger partial charge >= 0.3 is 0 Å². The maximum Gasteiger partial charge on any atom is 0.0630 e. The molecule has 0 aromatic carbocycles. The van der Waals surface area contributed by atoms with E-state index >= 15 is 0 Å². The van der Waals surface area contributed by atoms with Gasteiger partial charge in [0, 0.05) is 33.4 Å². The molecule has 4 heteroatoms. The van der Waals surface area contributed by atoms with E-state index in [2.05, 4.69) is 17.1 Å². The summed E-state index contributed by atoms with van der Waals surface area (Å²) < 4.78 is 10.3. The van der Waals surface area contributed by atoms with Gasteiger partial charge in [-0.25, -0.2) is 0 Å². The van der Waals surface area contributed by atoms with Gasteiger partial charge in [0.1, 0.15) is 0 Å². The van der Waals surface area contributed by atoms with Crippen molar-refractivity contribution in [2.75, 3.05) is 54.1 Å². The Morgan fingerprint density at radius 3 is 2.43 bits per heavy atom. The minimum Gasteiger partial charge on any atom is -0.383 e. The fourth-order valence-electron chi connectivity index (χ4n) is 1.53. The van der Waals surface area contributed by atoms with Gasteiger partial charge in [0.2, 0.25) is 0 Å². The number of methoxy groups -OCH3 is 2. The van der Waals surface area contributed by atoms with Crippen molar-refractivity contribution in [1.29, 1.82) is 0 Å². The van der Waals surface area contributed by atoms with Crippen molar-refractivity contribution in [3.8, 4) is 0 Å². The van der Waals surface area contributed by atoms with Gasteiger partial charge in [-0.1, -0.05) is 6.92 Å². The maximum absolute atomic E-state index is 5.20. The van der Waals surface area contributed by atoms with Crippen LogP contribution in [0, 0.1) is 0 Å². The molecule has 0 radical (unpaired) electrons. The highest BCUT2D eigenvalue weighted by Crippen LogP contribution is 1.99. The predicted octanol–water partition coefficient (Wildman–Crippen LogP) is 0.189. The molecule has 0 spiro atoms. The van der Waals surface area contributed by atoms with Crippen LogP contribution in [0.25, 0.3) is 0 Å². The smallest absolute Gasteiger partial charge is 0.0630 e. The normalized spacial score (nSPS) is 13.5. The van der Waals surface area contributed by atoms with Gasteiger partial charge in [-0.2, -0.15) is 0 Å². The van der Waals surface area contributed by atoms with E-state index in [1.54, 1.807) is 14.2 Å². The molecule has 0 aromatic rings. The van der Waals surface area contributed by atoms with Gasteiger partial charge in [0.15, 0.2) is 0 Å². The Hall–Kier alpha value is -0.160. The van der Waals surface area contributed by atoms with Gasteiger partial charge < -0.3 is 14.8 Å². The lowest BCUT2D eigenvalue weighted by atomic mass is 10.2. The number of ether oxygens (including phenoxy) is 2. The molecule has 0 aromatic heterocycles. The lowest BCUT2D eigenvalue weighted by Crippen LogP contribution is -2.45. The molecule has 0 fully saturated rings. The summed E-state index contributed by atoms with van der Waals surface area (Å²) in [7, 11) is 5.44. The third-order valence-corrected chi connectivity index (χ3v) is 2.30. The Kier molecular flexibility index (Phi) is 9.29. The Balaban J connectivity index is 3.96. The van der Waals surface area contributed by atoms with Gasteiger partial charge in [-0.3, -0.25) is 4.90 Å². The Morgan fingerprint density at radius 2 is 2.00 bits per heavy atom. The van der Waals surface area contributed by atoms with E-state index in [1.165, 1.54) is 0 Å². The van der Waals surface area contributed by atoms with E-state index in [4.69, 9.17) is 9.47 Å². The van der Waals surface area contributed by atoms with Crippen molar-refractivity contribution in [3.63, 3.8) is 0 Å². The number of rotatable bonds is 9. The Labute approximate surface area is 87.6 Å². The van der Waals surface area contributed by atoms with Crippen molar-refractivity contribution in [2.45, 2.75) is 13.0 Å². The summed E-state index contributed by atoms with van der Waals surface area (Å²) in [5.41, 5.74) is 0. The van der Waals surface area contributed by atoms with E-state index in [0.29, 0.717) is 6.04 Å². The Bertz CT molecular complexity index is 117. The lowest BCUT2D eigenvalue weighted by Gasteiger charge is -2.29. The van der Waals surface area contributed by atoms with Crippen LogP contribution in [0.2, 0.25) is 0 Å². The highest BCUT2D eigenvalue weighted by Gasteiger charge is 2.15. The maximum atomic E-state index is 5.20. The molecule has 0 saturated heterocycles. The van der Waals surface area contributed by atoms with Crippen molar-refractivity contribution in [1.82, 2.24) is 10.2 Å². The van der Waals surface area contributed by atoms with Crippen molar-refractivity contribution in [2.24, 2.45) is 0 Å². The highest BCUT2D eigenvalue weighted by molar-refractivity contribution is 4.72. The van der Waals surface area contributed by atoms with E-state index in [-0.39, 0.29) is 0 Å². The molecule has 14 heavy (non-hydrogen) atoms. The van der Waals surface area contributed by atoms with Crippen LogP contribution >= 0.6 is 0 Å². The standard InChI is InChI=1S/C10H24N2O2/c1-5-12(6-7-13-3)10(8-11-2)9-14-4/h10-11H,5-9H2,1-4H3. The summed E-state index contributed by atoms with van der Waals surface area (Å²) in [6, 6.07) is 0.435. The van der Waals surface area contributed by atoms with Crippen LogP contribution in [0.15, 0.2) is 0 Å². The van der Waals surface area contributed by atoms with Crippen LogP contribution in [-0.2, 0) is 9.47 Å². The van der Waals surface area contributed by atoms with Gasteiger partial charge in [0.05, 0.1) is 13.2 Å². The average Bonchev–Trinajstić information content (AvgIpc) is 2.19. The SMILES string of the molecule is CCN(CCOC)C(CNC)COC. The first-order valence-electron chi connectivity index (χ1n) is 5.16. The summed E-state index contributed by atoms with van der Waals surface area (Å²) in [4.78, 5) is 2.36. The zero-order valence-electron chi connectivity index (χ0n) is 9.88. The number of hydrogen-bond donors (Lipinski definition) is 1. The molecule has 0 aliphatic carbocycles. The van der Waals surface area contributed by atoms with Crippen molar-refractivity contribution < 1.29 is 9.47 Å². The predicted molar refractivity (Wildman–Crippen MR) is 58.7 cm³/mol. The van der Waals surface area contributed by atoms with Gasteiger partial charge in [-0.05, 0) is 13.6 Å². The number of nitrogens with one attached hydrogen (secondary N) is 1. The number of likely N-dealkylation sites (N-methyl/N-ethyl adjacent to an activating group) is 2. The van der Waals surface area contributed by atoms with E-state index in [1.807, 2.05) is 7.05 Å². The highest BCUT2D eigenvalue weighted by atomic mass is 16.5. The van der Waals surface area contributed by atoms with Crippen LogP contribution < -0.4 is 5.32 Å². The summed E-state index contributed by atoms with van der Waals surface area (Å²) in [5.74, 6) is 0. The van der Waals surface area contributed by atoms with Gasteiger partial charge in [0.25, 0.3) is 0 Å². The summed E-state index contributed by atoms with van der Waals surface area (Å²) in [6.45, 7) is 6.64. The molecule has 86 valence electrons. The quantitative estimate of drug-likeness (QED) is 0.581. The molecular weight excluding hydrogens is 180 g/mol. The molecule has 1 N–H and O–H groups in total. The van der Waals surface area contributed by atoms with Gasteiger partial charge in [-0.15, -0.1) is 0 Å². The Morgan fingerprint density at radius 1 is 1.29 bits per heavy atom. The molecule has 4 nitrogen and oxygen atoms in total. The molecular formula is C10H24N2O2. The second-order valence-corrected chi connectivity index (χ2v) is 3.29. The molecule has 0 rings (SSSR count). The third-order valence-electron chi connectivity index (χ3n) is 2.30. The second kappa shape index (κ2) is 9.40. The first-order valence-corrected chi connectivity index (χ1v) is 5.16. The minimum absolute atomic E-state index is 0.435. The fraction of sp³-hybridized carbons (Fsp3) is 1.00. The van der Waals surface area contributed by atoms with Crippen LogP contribution in [0.4, 0.5) is 0 Å². The van der Waals surface area contributed by atoms with Crippen LogP contribution in [-0.4, -0.2) is 65.1 Å². The molecule has 0 aliphatic heterocycles. The first kappa shape index (κ1) is 13.8. The zero-order valence-corrected chi connectivity index (χ0v) is 9.88.